The molecule has 0 aromatic carbocycles. The first-order valence-corrected chi connectivity index (χ1v) is 12.3. The molecule has 2 aromatic rings. The molecule has 1 N–H and O–H groups in total. The van der Waals surface area contributed by atoms with Crippen LogP contribution in [0.3, 0.4) is 0 Å². The second-order valence-electron chi connectivity index (χ2n) is 9.51. The number of likely N-dealkylation sites (tertiary alicyclic amines) is 1. The second kappa shape index (κ2) is 9.69. The van der Waals surface area contributed by atoms with Crippen LogP contribution in [0.2, 0.25) is 0 Å². The smallest absolute Gasteiger partial charge is 0.475 e. The number of carbonyl (C=O) groups is 2. The van der Waals surface area contributed by atoms with Crippen LogP contribution in [0.5, 0.6) is 0 Å². The van der Waals surface area contributed by atoms with Crippen LogP contribution in [0.25, 0.3) is 0 Å². The predicted octanol–water partition coefficient (Wildman–Crippen LogP) is 4.00. The average Bonchev–Trinajstić information content (AvgIpc) is 3.41. The molecule has 34 heavy (non-hydrogen) atoms. The van der Waals surface area contributed by atoms with Gasteiger partial charge < -0.3 is 10.0 Å². The monoisotopic (exact) mass is 498 g/mol. The Bertz CT molecular complexity index is 1010. The molecule has 2 aromatic heterocycles. The highest BCUT2D eigenvalue weighted by atomic mass is 32.1. The summed E-state index contributed by atoms with van der Waals surface area (Å²) in [6, 6.07) is 4.36. The highest BCUT2D eigenvalue weighted by Crippen LogP contribution is 2.41. The minimum Gasteiger partial charge on any atom is -0.475 e. The summed E-state index contributed by atoms with van der Waals surface area (Å²) in [5.74, 6) is -1.85. The van der Waals surface area contributed by atoms with Gasteiger partial charge in [-0.2, -0.15) is 18.3 Å². The zero-order chi connectivity index (χ0) is 24.5. The van der Waals surface area contributed by atoms with Crippen LogP contribution >= 0.6 is 11.3 Å². The van der Waals surface area contributed by atoms with E-state index >= 15 is 0 Å². The molecule has 1 spiro atoms. The number of halogens is 3. The molecule has 11 heteroatoms. The molecule has 0 radical (unpaired) electrons. The number of aliphatic carboxylic acids is 1. The quantitative estimate of drug-likeness (QED) is 0.690. The van der Waals surface area contributed by atoms with Gasteiger partial charge in [-0.3, -0.25) is 14.4 Å². The van der Waals surface area contributed by atoms with Crippen LogP contribution < -0.4 is 0 Å². The van der Waals surface area contributed by atoms with Gasteiger partial charge >= 0.3 is 12.1 Å². The predicted molar refractivity (Wildman–Crippen MR) is 121 cm³/mol. The van der Waals surface area contributed by atoms with Crippen molar-refractivity contribution >= 4 is 23.2 Å². The Balaban J connectivity index is 0.000000344. The number of rotatable bonds is 4. The zero-order valence-corrected chi connectivity index (χ0v) is 19.9. The van der Waals surface area contributed by atoms with E-state index in [0.29, 0.717) is 0 Å². The topological polar surface area (TPSA) is 78.7 Å². The standard InChI is InChI=1S/C21H28N4OS.C2HF3O2/c1-23-15-21(7-9-24(10-8-21)13-17-6-3-11-27-17)19-18(20(23)26)14-25(22-19)12-16-4-2-5-16;3-2(4,5)1(6)7/h3,6,11,14,16H,2,4-5,7-10,12-13,15H2,1H3;(H,6,7). The molecule has 1 saturated heterocycles. The van der Waals surface area contributed by atoms with Crippen LogP contribution in [-0.4, -0.2) is 69.4 Å². The number of carboxylic acid groups (broad SMARTS) is 1. The maximum Gasteiger partial charge on any atom is 0.490 e. The molecule has 4 heterocycles. The number of nitrogens with zero attached hydrogens (tertiary/aromatic N) is 4. The van der Waals surface area contributed by atoms with E-state index in [1.807, 2.05) is 29.5 Å². The Morgan fingerprint density at radius 2 is 1.97 bits per heavy atom. The van der Waals surface area contributed by atoms with E-state index in [1.54, 1.807) is 0 Å². The van der Waals surface area contributed by atoms with Crippen molar-refractivity contribution in [2.24, 2.45) is 5.92 Å². The summed E-state index contributed by atoms with van der Waals surface area (Å²) in [5.41, 5.74) is 1.98. The summed E-state index contributed by atoms with van der Waals surface area (Å²) in [6.45, 7) is 4.99. The molecule has 1 aliphatic carbocycles. The molecule has 1 saturated carbocycles. The highest BCUT2D eigenvalue weighted by molar-refractivity contribution is 7.09. The van der Waals surface area contributed by atoms with Gasteiger partial charge in [-0.05, 0) is 56.1 Å². The minimum absolute atomic E-state index is 0.0365. The fraction of sp³-hybridized carbons (Fsp3) is 0.609. The number of carboxylic acids is 1. The Hall–Kier alpha value is -2.40. The molecule has 186 valence electrons. The van der Waals surface area contributed by atoms with Gasteiger partial charge in [0.25, 0.3) is 5.91 Å². The lowest BCUT2D eigenvalue weighted by molar-refractivity contribution is -0.192. The van der Waals surface area contributed by atoms with E-state index in [1.165, 1.54) is 24.1 Å². The van der Waals surface area contributed by atoms with Gasteiger partial charge in [0, 0.05) is 43.2 Å². The minimum atomic E-state index is -5.08. The Labute approximate surface area is 200 Å². The van der Waals surface area contributed by atoms with E-state index in [9.17, 15) is 18.0 Å². The lowest BCUT2D eigenvalue weighted by Crippen LogP contribution is -2.53. The van der Waals surface area contributed by atoms with Gasteiger partial charge in [-0.15, -0.1) is 11.3 Å². The van der Waals surface area contributed by atoms with Crippen molar-refractivity contribution in [2.45, 2.75) is 56.8 Å². The van der Waals surface area contributed by atoms with Gasteiger partial charge in [0.1, 0.15) is 0 Å². The first-order chi connectivity index (χ1) is 16.1. The fourth-order valence-corrected chi connectivity index (χ4v) is 5.71. The van der Waals surface area contributed by atoms with Crippen LogP contribution in [0.15, 0.2) is 23.7 Å². The number of amides is 1. The van der Waals surface area contributed by atoms with E-state index in [2.05, 4.69) is 27.1 Å². The largest absolute Gasteiger partial charge is 0.490 e. The van der Waals surface area contributed by atoms with Crippen molar-refractivity contribution in [1.82, 2.24) is 19.6 Å². The average molecular weight is 499 g/mol. The van der Waals surface area contributed by atoms with Crippen molar-refractivity contribution in [3.8, 4) is 0 Å². The number of alkyl halides is 3. The third-order valence-electron chi connectivity index (χ3n) is 7.07. The normalized spacial score (nSPS) is 20.5. The third-order valence-corrected chi connectivity index (χ3v) is 7.93. The van der Waals surface area contributed by atoms with Gasteiger partial charge in [0.05, 0.1) is 11.3 Å². The summed E-state index contributed by atoms with van der Waals surface area (Å²) < 4.78 is 33.8. The summed E-state index contributed by atoms with van der Waals surface area (Å²) in [4.78, 5) is 27.6. The molecule has 5 rings (SSSR count). The highest BCUT2D eigenvalue weighted by Gasteiger charge is 2.46. The zero-order valence-electron chi connectivity index (χ0n) is 19.1. The first kappa shape index (κ1) is 24.7. The molecule has 0 atom stereocenters. The molecular formula is C23H29F3N4O3S. The number of hydrogen-bond donors (Lipinski definition) is 1. The molecule has 1 amide bonds. The van der Waals surface area contributed by atoms with E-state index in [4.69, 9.17) is 15.0 Å². The first-order valence-electron chi connectivity index (χ1n) is 11.5. The molecular weight excluding hydrogens is 469 g/mol. The molecule has 3 aliphatic rings. The molecule has 7 nitrogen and oxygen atoms in total. The SMILES string of the molecule is CN1CC2(CCN(Cc3cccs3)CC2)c2nn(CC3CCC3)cc2C1=O.O=C(O)C(F)(F)F. The molecule has 0 unspecified atom stereocenters. The summed E-state index contributed by atoms with van der Waals surface area (Å²) in [7, 11) is 1.95. The fourth-order valence-electron chi connectivity index (χ4n) is 4.97. The van der Waals surface area contributed by atoms with Gasteiger partial charge in [-0.25, -0.2) is 4.79 Å². The van der Waals surface area contributed by atoms with Crippen LogP contribution in [-0.2, 0) is 23.3 Å². The van der Waals surface area contributed by atoms with Crippen LogP contribution in [0.1, 0.15) is 53.0 Å². The summed E-state index contributed by atoms with van der Waals surface area (Å²) in [6.07, 6.45) is 3.08. The van der Waals surface area contributed by atoms with Crippen molar-refractivity contribution in [2.75, 3.05) is 26.7 Å². The van der Waals surface area contributed by atoms with E-state index < -0.39 is 12.1 Å². The van der Waals surface area contributed by atoms with Gasteiger partial charge in [-0.1, -0.05) is 12.5 Å². The number of carbonyl (C=O) groups excluding carboxylic acids is 1. The summed E-state index contributed by atoms with van der Waals surface area (Å²) in [5, 5.41) is 14.3. The van der Waals surface area contributed by atoms with Gasteiger partial charge in [0.15, 0.2) is 0 Å². The lowest BCUT2D eigenvalue weighted by atomic mass is 9.72. The number of thiophene rings is 1. The third kappa shape index (κ3) is 5.30. The molecule has 2 fully saturated rings. The Morgan fingerprint density at radius 3 is 2.50 bits per heavy atom. The van der Waals surface area contributed by atoms with Gasteiger partial charge in [0.2, 0.25) is 0 Å². The lowest BCUT2D eigenvalue weighted by Gasteiger charge is -2.45. The molecule has 2 aliphatic heterocycles. The number of aromatic nitrogens is 2. The van der Waals surface area contributed by atoms with Crippen molar-refractivity contribution in [1.29, 1.82) is 0 Å². The van der Waals surface area contributed by atoms with E-state index in [0.717, 1.165) is 62.7 Å². The number of likely N-dealkylation sites (N-methyl/N-ethyl adjacent to an activating group) is 1. The van der Waals surface area contributed by atoms with E-state index in [-0.39, 0.29) is 11.3 Å². The van der Waals surface area contributed by atoms with Crippen molar-refractivity contribution in [3.63, 3.8) is 0 Å². The Kier molecular flexibility index (Phi) is 7.04. The molecule has 0 bridgehead atoms. The maximum absolute atomic E-state index is 12.8. The number of piperidine rings is 1. The van der Waals surface area contributed by atoms with Crippen molar-refractivity contribution < 1.29 is 27.9 Å². The number of fused-ring (bicyclic) bond motifs is 2. The number of hydrogen-bond acceptors (Lipinski definition) is 5. The van der Waals surface area contributed by atoms with Crippen molar-refractivity contribution in [3.05, 3.63) is 39.8 Å². The van der Waals surface area contributed by atoms with Crippen LogP contribution in [0, 0.1) is 5.92 Å². The van der Waals surface area contributed by atoms with Crippen LogP contribution in [0.4, 0.5) is 13.2 Å². The second-order valence-corrected chi connectivity index (χ2v) is 10.5. The summed E-state index contributed by atoms with van der Waals surface area (Å²) >= 11 is 1.84. The maximum atomic E-state index is 12.8. The Morgan fingerprint density at radius 1 is 1.29 bits per heavy atom.